The second-order valence-corrected chi connectivity index (χ2v) is 5.58. The van der Waals surface area contributed by atoms with Gasteiger partial charge in [0.05, 0.1) is 5.56 Å². The summed E-state index contributed by atoms with van der Waals surface area (Å²) >= 11 is 1.15. The van der Waals surface area contributed by atoms with Gasteiger partial charge in [0.1, 0.15) is 0 Å². The zero-order valence-electron chi connectivity index (χ0n) is 10.4. The van der Waals surface area contributed by atoms with E-state index in [0.29, 0.717) is 15.7 Å². The first kappa shape index (κ1) is 12.8. The average Bonchev–Trinajstić information content (AvgIpc) is 3.17. The van der Waals surface area contributed by atoms with Gasteiger partial charge in [-0.25, -0.2) is 14.7 Å². The number of anilines is 1. The van der Waals surface area contributed by atoms with Crippen LogP contribution in [-0.2, 0) is 0 Å². The fourth-order valence-electron chi connectivity index (χ4n) is 1.92. The summed E-state index contributed by atoms with van der Waals surface area (Å²) < 4.78 is 1.58. The topological polar surface area (TPSA) is 114 Å². The van der Waals surface area contributed by atoms with Crippen LogP contribution in [-0.4, -0.2) is 25.8 Å². The fraction of sp³-hybridized carbons (Fsp3) is 0.250. The van der Waals surface area contributed by atoms with Crippen molar-refractivity contribution in [2.45, 2.75) is 28.9 Å². The Morgan fingerprint density at radius 1 is 1.50 bits per heavy atom. The number of hydrogen-bond donors (Lipinski definition) is 3. The maximum atomic E-state index is 11.7. The lowest BCUT2D eigenvalue weighted by molar-refractivity contribution is 0.0693. The number of hydrogen-bond acceptors (Lipinski definition) is 5. The van der Waals surface area contributed by atoms with Gasteiger partial charge in [-0.05, 0) is 42.8 Å². The average molecular weight is 292 g/mol. The summed E-state index contributed by atoms with van der Waals surface area (Å²) in [5.74, 6) is -1.06. The third-order valence-corrected chi connectivity index (χ3v) is 4.07. The number of carboxylic acid groups (broad SMARTS) is 1. The number of aromatic carboxylic acids is 1. The molecule has 8 heteroatoms. The molecule has 0 aliphatic heterocycles. The Morgan fingerprint density at radius 3 is 2.90 bits per heavy atom. The first-order chi connectivity index (χ1) is 9.56. The van der Waals surface area contributed by atoms with Crippen LogP contribution in [0.4, 0.5) is 5.69 Å². The number of nitrogens with zero attached hydrogens (tertiary/aromatic N) is 2. The summed E-state index contributed by atoms with van der Waals surface area (Å²) in [4.78, 5) is 23.4. The van der Waals surface area contributed by atoms with Gasteiger partial charge in [0.25, 0.3) is 0 Å². The standard InChI is InChI=1S/C12H12N4O3S/c13-6-1-4-9(8(5-6)10(17)18)20-12-15-14-11(19)16(12)7-2-3-7/h1,4-5,7H,2-3,13H2,(H,14,19)(H,17,18). The molecular weight excluding hydrogens is 280 g/mol. The number of carboxylic acids is 1. The van der Waals surface area contributed by atoms with Crippen molar-refractivity contribution in [1.82, 2.24) is 14.8 Å². The highest BCUT2D eigenvalue weighted by atomic mass is 32.2. The van der Waals surface area contributed by atoms with E-state index in [1.807, 2.05) is 0 Å². The Morgan fingerprint density at radius 2 is 2.25 bits per heavy atom. The van der Waals surface area contributed by atoms with Crippen LogP contribution in [0.5, 0.6) is 0 Å². The summed E-state index contributed by atoms with van der Waals surface area (Å²) in [6.07, 6.45) is 1.89. The van der Waals surface area contributed by atoms with Gasteiger partial charge in [-0.15, -0.1) is 5.10 Å². The number of carbonyl (C=O) groups is 1. The number of benzene rings is 1. The highest BCUT2D eigenvalue weighted by Gasteiger charge is 2.29. The maximum absolute atomic E-state index is 11.7. The molecule has 2 aromatic rings. The van der Waals surface area contributed by atoms with Crippen LogP contribution in [0.3, 0.4) is 0 Å². The van der Waals surface area contributed by atoms with Crippen LogP contribution < -0.4 is 11.4 Å². The zero-order chi connectivity index (χ0) is 14.3. The van der Waals surface area contributed by atoms with Crippen molar-refractivity contribution in [2.24, 2.45) is 0 Å². The number of nitrogens with two attached hydrogens (primary N) is 1. The molecule has 20 heavy (non-hydrogen) atoms. The molecule has 3 rings (SSSR count). The monoisotopic (exact) mass is 292 g/mol. The van der Waals surface area contributed by atoms with Gasteiger partial charge in [0.2, 0.25) is 0 Å². The maximum Gasteiger partial charge on any atom is 0.344 e. The number of aromatic amines is 1. The van der Waals surface area contributed by atoms with Crippen LogP contribution in [0.2, 0.25) is 0 Å². The number of nitrogens with one attached hydrogen (secondary N) is 1. The fourth-order valence-corrected chi connectivity index (χ4v) is 2.93. The molecule has 1 fully saturated rings. The Bertz CT molecular complexity index is 733. The van der Waals surface area contributed by atoms with Crippen molar-refractivity contribution in [2.75, 3.05) is 5.73 Å². The van der Waals surface area contributed by atoms with Crippen molar-refractivity contribution < 1.29 is 9.90 Å². The lowest BCUT2D eigenvalue weighted by Crippen LogP contribution is -2.16. The van der Waals surface area contributed by atoms with E-state index in [1.54, 1.807) is 16.7 Å². The zero-order valence-corrected chi connectivity index (χ0v) is 11.2. The van der Waals surface area contributed by atoms with E-state index in [0.717, 1.165) is 24.6 Å². The van der Waals surface area contributed by atoms with Crippen LogP contribution >= 0.6 is 11.8 Å². The van der Waals surface area contributed by atoms with E-state index in [4.69, 9.17) is 5.73 Å². The second kappa shape index (κ2) is 4.71. The summed E-state index contributed by atoms with van der Waals surface area (Å²) in [7, 11) is 0. The summed E-state index contributed by atoms with van der Waals surface area (Å²) in [6.45, 7) is 0. The Kier molecular flexibility index (Phi) is 3.01. The number of aromatic nitrogens is 3. The van der Waals surface area contributed by atoms with E-state index in [1.165, 1.54) is 6.07 Å². The Hall–Kier alpha value is -2.22. The number of nitrogen functional groups attached to an aromatic ring is 1. The molecule has 0 amide bonds. The highest BCUT2D eigenvalue weighted by Crippen LogP contribution is 2.38. The van der Waals surface area contributed by atoms with Gasteiger partial charge in [0, 0.05) is 16.6 Å². The van der Waals surface area contributed by atoms with Crippen molar-refractivity contribution in [3.8, 4) is 0 Å². The van der Waals surface area contributed by atoms with Gasteiger partial charge in [-0.1, -0.05) is 0 Å². The number of rotatable bonds is 4. The van der Waals surface area contributed by atoms with Gasteiger partial charge in [0.15, 0.2) is 5.16 Å². The van der Waals surface area contributed by atoms with Crippen LogP contribution in [0.15, 0.2) is 33.0 Å². The molecular formula is C12H12N4O3S. The lowest BCUT2D eigenvalue weighted by Gasteiger charge is -2.07. The third-order valence-electron chi connectivity index (χ3n) is 3.02. The van der Waals surface area contributed by atoms with Gasteiger partial charge in [-0.2, -0.15) is 0 Å². The quantitative estimate of drug-likeness (QED) is 0.733. The molecule has 0 radical (unpaired) electrons. The van der Waals surface area contributed by atoms with Crippen molar-refractivity contribution in [3.05, 3.63) is 34.2 Å². The minimum absolute atomic E-state index is 0.104. The Balaban J connectivity index is 1.99. The van der Waals surface area contributed by atoms with Gasteiger partial charge >= 0.3 is 11.7 Å². The normalized spacial score (nSPS) is 14.4. The second-order valence-electron chi connectivity index (χ2n) is 4.58. The molecule has 1 aromatic heterocycles. The molecule has 0 spiro atoms. The largest absolute Gasteiger partial charge is 0.478 e. The van der Waals surface area contributed by atoms with Crippen LogP contribution in [0.1, 0.15) is 29.2 Å². The highest BCUT2D eigenvalue weighted by molar-refractivity contribution is 7.99. The van der Waals surface area contributed by atoms with Crippen molar-refractivity contribution in [3.63, 3.8) is 0 Å². The summed E-state index contributed by atoms with van der Waals surface area (Å²) in [6, 6.07) is 4.82. The predicted octanol–water partition coefficient (Wildman–Crippen LogP) is 1.34. The molecule has 1 aliphatic rings. The first-order valence-electron chi connectivity index (χ1n) is 6.04. The SMILES string of the molecule is Nc1ccc(Sc2n[nH]c(=O)n2C2CC2)c(C(=O)O)c1. The van der Waals surface area contributed by atoms with Gasteiger partial charge in [-0.3, -0.25) is 4.57 Å². The van der Waals surface area contributed by atoms with Crippen molar-refractivity contribution >= 4 is 23.4 Å². The molecule has 0 saturated heterocycles. The van der Waals surface area contributed by atoms with E-state index >= 15 is 0 Å². The molecule has 4 N–H and O–H groups in total. The molecule has 0 unspecified atom stereocenters. The Labute approximate surface area is 117 Å². The van der Waals surface area contributed by atoms with Crippen molar-refractivity contribution in [1.29, 1.82) is 0 Å². The van der Waals surface area contributed by atoms with Crippen LogP contribution in [0.25, 0.3) is 0 Å². The van der Waals surface area contributed by atoms with E-state index in [2.05, 4.69) is 10.2 Å². The van der Waals surface area contributed by atoms with Gasteiger partial charge < -0.3 is 10.8 Å². The number of H-pyrrole nitrogens is 1. The molecule has 104 valence electrons. The smallest absolute Gasteiger partial charge is 0.344 e. The lowest BCUT2D eigenvalue weighted by atomic mass is 10.2. The minimum Gasteiger partial charge on any atom is -0.478 e. The summed E-state index contributed by atoms with van der Waals surface area (Å²) in [5, 5.41) is 16.0. The third kappa shape index (κ3) is 2.29. The molecule has 0 bridgehead atoms. The summed E-state index contributed by atoms with van der Waals surface area (Å²) in [5.41, 5.74) is 5.83. The first-order valence-corrected chi connectivity index (χ1v) is 6.85. The molecule has 1 aromatic carbocycles. The van der Waals surface area contributed by atoms with E-state index in [-0.39, 0.29) is 17.3 Å². The van der Waals surface area contributed by atoms with E-state index < -0.39 is 5.97 Å². The molecule has 0 atom stereocenters. The molecule has 7 nitrogen and oxygen atoms in total. The van der Waals surface area contributed by atoms with E-state index in [9.17, 15) is 14.7 Å². The molecule has 1 aliphatic carbocycles. The van der Waals surface area contributed by atoms with Crippen LogP contribution in [0, 0.1) is 0 Å². The molecule has 1 saturated carbocycles. The molecule has 1 heterocycles. The minimum atomic E-state index is -1.06. The predicted molar refractivity (Wildman–Crippen MR) is 73.1 cm³/mol.